The summed E-state index contributed by atoms with van der Waals surface area (Å²) in [5.41, 5.74) is 3.23. The third-order valence-electron chi connectivity index (χ3n) is 2.78. The van der Waals surface area contributed by atoms with Crippen molar-refractivity contribution in [1.82, 2.24) is 4.37 Å². The van der Waals surface area contributed by atoms with E-state index >= 15 is 0 Å². The molecule has 0 atom stereocenters. The van der Waals surface area contributed by atoms with Crippen molar-refractivity contribution in [2.45, 2.75) is 20.8 Å². The average molecular weight is 355 g/mol. The molecule has 1 aromatic heterocycles. The lowest BCUT2D eigenvalue weighted by molar-refractivity contribution is 0.0527. The summed E-state index contributed by atoms with van der Waals surface area (Å²) in [6.07, 6.45) is 0. The zero-order valence-corrected chi connectivity index (χ0v) is 13.9. The molecule has 20 heavy (non-hydrogen) atoms. The van der Waals surface area contributed by atoms with Crippen LogP contribution in [0.5, 0.6) is 0 Å². The van der Waals surface area contributed by atoms with Gasteiger partial charge in [-0.1, -0.05) is 15.9 Å². The number of hydrogen-bond acceptors (Lipinski definition) is 5. The zero-order chi connectivity index (χ0) is 14.7. The molecule has 0 aliphatic rings. The maximum atomic E-state index is 12.0. The van der Waals surface area contributed by atoms with Crippen molar-refractivity contribution in [1.29, 1.82) is 0 Å². The van der Waals surface area contributed by atoms with E-state index < -0.39 is 0 Å². The van der Waals surface area contributed by atoms with Gasteiger partial charge >= 0.3 is 5.97 Å². The van der Waals surface area contributed by atoms with Crippen LogP contribution in [0.15, 0.2) is 22.7 Å². The van der Waals surface area contributed by atoms with Crippen LogP contribution in [0.2, 0.25) is 0 Å². The maximum absolute atomic E-state index is 12.0. The SMILES string of the molecule is CCOC(=O)c1c(C)nsc1Nc1ccc(Br)cc1C. The molecule has 0 radical (unpaired) electrons. The van der Waals surface area contributed by atoms with Gasteiger partial charge in [0.1, 0.15) is 10.6 Å². The Balaban J connectivity index is 2.32. The summed E-state index contributed by atoms with van der Waals surface area (Å²) in [6, 6.07) is 5.93. The quantitative estimate of drug-likeness (QED) is 0.824. The summed E-state index contributed by atoms with van der Waals surface area (Å²) in [5.74, 6) is -0.337. The fourth-order valence-electron chi connectivity index (χ4n) is 1.79. The molecule has 0 unspecified atom stereocenters. The average Bonchev–Trinajstić information content (AvgIpc) is 2.74. The van der Waals surface area contributed by atoms with Crippen LogP contribution >= 0.6 is 27.5 Å². The fourth-order valence-corrected chi connectivity index (χ4v) is 3.06. The molecule has 1 N–H and O–H groups in total. The van der Waals surface area contributed by atoms with Crippen molar-refractivity contribution in [3.05, 3.63) is 39.5 Å². The van der Waals surface area contributed by atoms with Gasteiger partial charge in [0.15, 0.2) is 0 Å². The van der Waals surface area contributed by atoms with E-state index in [0.717, 1.165) is 15.7 Å². The van der Waals surface area contributed by atoms with Crippen molar-refractivity contribution in [3.8, 4) is 0 Å². The first-order valence-corrected chi connectivity index (χ1v) is 7.76. The molecule has 0 spiro atoms. The Hall–Kier alpha value is -1.40. The third-order valence-corrected chi connectivity index (χ3v) is 4.13. The van der Waals surface area contributed by atoms with Crippen molar-refractivity contribution < 1.29 is 9.53 Å². The minimum Gasteiger partial charge on any atom is -0.462 e. The summed E-state index contributed by atoms with van der Waals surface area (Å²) in [4.78, 5) is 12.0. The van der Waals surface area contributed by atoms with Crippen LogP contribution in [0.3, 0.4) is 0 Å². The smallest absolute Gasteiger partial charge is 0.343 e. The number of hydrogen-bond donors (Lipinski definition) is 1. The Morgan fingerprint density at radius 3 is 2.85 bits per heavy atom. The number of carbonyl (C=O) groups excluding carboxylic acids is 1. The van der Waals surface area contributed by atoms with Crippen LogP contribution in [0, 0.1) is 13.8 Å². The Labute approximate surface area is 130 Å². The minimum absolute atomic E-state index is 0.337. The molecular weight excluding hydrogens is 340 g/mol. The van der Waals surface area contributed by atoms with Gasteiger partial charge in [-0.05, 0) is 56.1 Å². The Morgan fingerprint density at radius 2 is 2.20 bits per heavy atom. The highest BCUT2D eigenvalue weighted by atomic mass is 79.9. The van der Waals surface area contributed by atoms with Crippen LogP contribution in [0.25, 0.3) is 0 Å². The predicted octanol–water partition coefficient (Wildman–Crippen LogP) is 4.44. The molecule has 0 fully saturated rings. The second kappa shape index (κ2) is 6.37. The summed E-state index contributed by atoms with van der Waals surface area (Å²) >= 11 is 4.70. The van der Waals surface area contributed by atoms with Gasteiger partial charge in [0.05, 0.1) is 12.3 Å². The van der Waals surface area contributed by atoms with Gasteiger partial charge in [-0.15, -0.1) is 0 Å². The number of halogens is 1. The van der Waals surface area contributed by atoms with Crippen molar-refractivity contribution >= 4 is 44.1 Å². The molecule has 106 valence electrons. The second-order valence-corrected chi connectivity index (χ2v) is 5.97. The van der Waals surface area contributed by atoms with Crippen molar-refractivity contribution in [2.75, 3.05) is 11.9 Å². The van der Waals surface area contributed by atoms with Gasteiger partial charge in [-0.3, -0.25) is 0 Å². The predicted molar refractivity (Wildman–Crippen MR) is 85.0 cm³/mol. The van der Waals surface area contributed by atoms with Crippen molar-refractivity contribution in [3.63, 3.8) is 0 Å². The molecule has 0 aliphatic heterocycles. The number of nitrogens with zero attached hydrogens (tertiary/aromatic N) is 1. The first-order chi connectivity index (χ1) is 9.52. The van der Waals surface area contributed by atoms with E-state index in [0.29, 0.717) is 22.9 Å². The van der Waals surface area contributed by atoms with E-state index in [1.54, 1.807) is 6.92 Å². The largest absolute Gasteiger partial charge is 0.462 e. The molecule has 0 aliphatic carbocycles. The van der Waals surface area contributed by atoms with E-state index in [1.807, 2.05) is 32.0 Å². The van der Waals surface area contributed by atoms with Crippen LogP contribution < -0.4 is 5.32 Å². The molecule has 0 saturated heterocycles. The maximum Gasteiger partial charge on any atom is 0.343 e. The van der Waals surface area contributed by atoms with Crippen LogP contribution in [0.4, 0.5) is 10.7 Å². The number of aryl methyl sites for hydroxylation is 2. The summed E-state index contributed by atoms with van der Waals surface area (Å²) in [7, 11) is 0. The zero-order valence-electron chi connectivity index (χ0n) is 11.5. The first kappa shape index (κ1) is 15.0. The van der Waals surface area contributed by atoms with Crippen LogP contribution in [0.1, 0.15) is 28.5 Å². The molecule has 2 aromatic rings. The highest BCUT2D eigenvalue weighted by Crippen LogP contribution is 2.30. The van der Waals surface area contributed by atoms with Crippen LogP contribution in [-0.2, 0) is 4.74 Å². The highest BCUT2D eigenvalue weighted by Gasteiger charge is 2.20. The number of esters is 1. The Bertz CT molecular complexity index is 640. The molecule has 4 nitrogen and oxygen atoms in total. The second-order valence-electron chi connectivity index (χ2n) is 4.28. The lowest BCUT2D eigenvalue weighted by Crippen LogP contribution is -2.07. The van der Waals surface area contributed by atoms with Gasteiger partial charge in [-0.2, -0.15) is 4.37 Å². The lowest BCUT2D eigenvalue weighted by atomic mass is 10.2. The van der Waals surface area contributed by atoms with E-state index in [2.05, 4.69) is 25.6 Å². The lowest BCUT2D eigenvalue weighted by Gasteiger charge is -2.09. The summed E-state index contributed by atoms with van der Waals surface area (Å²) in [6.45, 7) is 5.96. The molecule has 1 heterocycles. The molecule has 0 bridgehead atoms. The highest BCUT2D eigenvalue weighted by molar-refractivity contribution is 9.10. The Kier molecular flexibility index (Phi) is 4.77. The van der Waals surface area contributed by atoms with Gasteiger partial charge < -0.3 is 10.1 Å². The van der Waals surface area contributed by atoms with E-state index in [4.69, 9.17) is 4.74 Å². The standard InChI is InChI=1S/C14H15BrN2O2S/c1-4-19-14(18)12-9(3)17-20-13(12)16-11-6-5-10(15)7-8(11)2/h5-7,16H,4H2,1-3H3. The molecule has 2 rings (SSSR count). The third kappa shape index (κ3) is 3.19. The van der Waals surface area contributed by atoms with Gasteiger partial charge in [-0.25, -0.2) is 4.79 Å². The molecule has 0 amide bonds. The van der Waals surface area contributed by atoms with Gasteiger partial charge in [0.2, 0.25) is 0 Å². The molecule has 1 aromatic carbocycles. The fraction of sp³-hybridized carbons (Fsp3) is 0.286. The number of benzene rings is 1. The molecule has 6 heteroatoms. The minimum atomic E-state index is -0.337. The molecule has 0 saturated carbocycles. The van der Waals surface area contributed by atoms with E-state index in [9.17, 15) is 4.79 Å². The van der Waals surface area contributed by atoms with Gasteiger partial charge in [0.25, 0.3) is 0 Å². The topological polar surface area (TPSA) is 51.2 Å². The number of aromatic nitrogens is 1. The van der Waals surface area contributed by atoms with Gasteiger partial charge in [0, 0.05) is 10.2 Å². The van der Waals surface area contributed by atoms with Crippen molar-refractivity contribution in [2.24, 2.45) is 0 Å². The normalized spacial score (nSPS) is 10.4. The number of ether oxygens (including phenoxy) is 1. The Morgan fingerprint density at radius 1 is 1.45 bits per heavy atom. The number of carbonyl (C=O) groups is 1. The van der Waals surface area contributed by atoms with E-state index in [1.165, 1.54) is 11.5 Å². The van der Waals surface area contributed by atoms with E-state index in [-0.39, 0.29) is 5.97 Å². The summed E-state index contributed by atoms with van der Waals surface area (Å²) in [5, 5.41) is 3.98. The number of anilines is 2. The first-order valence-electron chi connectivity index (χ1n) is 6.19. The molecular formula is C14H15BrN2O2S. The number of nitrogens with one attached hydrogen (secondary N) is 1. The monoisotopic (exact) mass is 354 g/mol. The number of rotatable bonds is 4. The summed E-state index contributed by atoms with van der Waals surface area (Å²) < 4.78 is 10.3. The van der Waals surface area contributed by atoms with Crippen LogP contribution in [-0.4, -0.2) is 16.9 Å².